The van der Waals surface area contributed by atoms with Gasteiger partial charge in [-0.2, -0.15) is 13.2 Å². The number of halogens is 4. The van der Waals surface area contributed by atoms with Crippen LogP contribution < -0.4 is 4.90 Å². The molecule has 0 amide bonds. The van der Waals surface area contributed by atoms with Gasteiger partial charge >= 0.3 is 6.18 Å². The summed E-state index contributed by atoms with van der Waals surface area (Å²) in [4.78, 5) is 1.98. The van der Waals surface area contributed by atoms with Gasteiger partial charge < -0.3 is 4.90 Å². The minimum Gasteiger partial charge on any atom is -0.372 e. The maximum atomic E-state index is 13.0. The SMILES string of the molecule is CN(c1ccc(CCl)c(C(F)(F)F)c1)C1CCCCC1. The summed E-state index contributed by atoms with van der Waals surface area (Å²) in [5, 5.41) is 0. The molecule has 1 fully saturated rings. The lowest BCUT2D eigenvalue weighted by atomic mass is 9.94. The summed E-state index contributed by atoms with van der Waals surface area (Å²) in [7, 11) is 1.88. The minimum atomic E-state index is -4.35. The van der Waals surface area contributed by atoms with Crippen molar-refractivity contribution in [1.29, 1.82) is 0 Å². The summed E-state index contributed by atoms with van der Waals surface area (Å²) in [6.45, 7) is 0. The van der Waals surface area contributed by atoms with Crippen molar-refractivity contribution in [1.82, 2.24) is 0 Å². The molecule has 1 saturated carbocycles. The van der Waals surface area contributed by atoms with E-state index in [2.05, 4.69) is 0 Å². The topological polar surface area (TPSA) is 3.24 Å². The predicted octanol–water partition coefficient (Wildman–Crippen LogP) is 5.21. The molecule has 0 unspecified atom stereocenters. The number of rotatable bonds is 3. The van der Waals surface area contributed by atoms with Gasteiger partial charge in [-0.1, -0.05) is 25.3 Å². The van der Waals surface area contributed by atoms with Crippen LogP contribution in [0.2, 0.25) is 0 Å². The van der Waals surface area contributed by atoms with Gasteiger partial charge in [0.2, 0.25) is 0 Å². The number of benzene rings is 1. The predicted molar refractivity (Wildman–Crippen MR) is 76.3 cm³/mol. The molecule has 0 aliphatic heterocycles. The van der Waals surface area contributed by atoms with Gasteiger partial charge in [-0.05, 0) is 30.5 Å². The second-order valence-electron chi connectivity index (χ2n) is 5.38. The number of hydrogen-bond acceptors (Lipinski definition) is 1. The lowest BCUT2D eigenvalue weighted by molar-refractivity contribution is -0.138. The third kappa shape index (κ3) is 3.40. The molecule has 0 heterocycles. The van der Waals surface area contributed by atoms with E-state index in [1.165, 1.54) is 18.6 Å². The van der Waals surface area contributed by atoms with Crippen molar-refractivity contribution in [2.75, 3.05) is 11.9 Å². The largest absolute Gasteiger partial charge is 0.416 e. The molecule has 0 bridgehead atoms. The fourth-order valence-electron chi connectivity index (χ4n) is 2.84. The highest BCUT2D eigenvalue weighted by Gasteiger charge is 2.34. The maximum absolute atomic E-state index is 13.0. The van der Waals surface area contributed by atoms with Crippen LogP contribution in [0.5, 0.6) is 0 Å². The minimum absolute atomic E-state index is 0.123. The van der Waals surface area contributed by atoms with Crippen molar-refractivity contribution in [3.05, 3.63) is 29.3 Å². The second-order valence-corrected chi connectivity index (χ2v) is 5.64. The van der Waals surface area contributed by atoms with Gasteiger partial charge in [0.15, 0.2) is 0 Å². The average molecular weight is 306 g/mol. The van der Waals surface area contributed by atoms with Gasteiger partial charge in [0.25, 0.3) is 0 Å². The Bertz CT molecular complexity index is 453. The van der Waals surface area contributed by atoms with Crippen LogP contribution >= 0.6 is 11.6 Å². The summed E-state index contributed by atoms with van der Waals surface area (Å²) in [5.41, 5.74) is 0.144. The Balaban J connectivity index is 2.28. The molecule has 0 atom stereocenters. The molecule has 0 radical (unpaired) electrons. The molecule has 1 aromatic carbocycles. The molecule has 0 saturated heterocycles. The number of nitrogens with zero attached hydrogens (tertiary/aromatic N) is 1. The highest BCUT2D eigenvalue weighted by Crippen LogP contribution is 2.36. The van der Waals surface area contributed by atoms with Crippen molar-refractivity contribution in [2.45, 2.75) is 50.2 Å². The van der Waals surface area contributed by atoms with Crippen LogP contribution in [0.1, 0.15) is 43.2 Å². The van der Waals surface area contributed by atoms with Gasteiger partial charge in [-0.25, -0.2) is 0 Å². The van der Waals surface area contributed by atoms with Crippen LogP contribution in [0.15, 0.2) is 18.2 Å². The first kappa shape index (κ1) is 15.5. The first-order valence-electron chi connectivity index (χ1n) is 6.92. The number of anilines is 1. The molecule has 1 aliphatic carbocycles. The van der Waals surface area contributed by atoms with Crippen LogP contribution in [-0.2, 0) is 12.1 Å². The number of alkyl halides is 4. The molecule has 0 N–H and O–H groups in total. The summed E-state index contributed by atoms with van der Waals surface area (Å²) in [6.07, 6.45) is 1.28. The average Bonchev–Trinajstić information content (AvgIpc) is 2.46. The van der Waals surface area contributed by atoms with E-state index in [0.29, 0.717) is 11.7 Å². The van der Waals surface area contributed by atoms with E-state index in [-0.39, 0.29) is 11.4 Å². The second kappa shape index (κ2) is 6.25. The van der Waals surface area contributed by atoms with Gasteiger partial charge in [-0.15, -0.1) is 11.6 Å². The zero-order valence-corrected chi connectivity index (χ0v) is 12.3. The van der Waals surface area contributed by atoms with Crippen molar-refractivity contribution >= 4 is 17.3 Å². The first-order valence-corrected chi connectivity index (χ1v) is 7.46. The Hall–Kier alpha value is -0.900. The highest BCUT2D eigenvalue weighted by molar-refractivity contribution is 6.17. The summed E-state index contributed by atoms with van der Waals surface area (Å²) >= 11 is 5.61. The Labute approximate surface area is 122 Å². The van der Waals surface area contributed by atoms with E-state index >= 15 is 0 Å². The van der Waals surface area contributed by atoms with Crippen LogP contribution in [-0.4, -0.2) is 13.1 Å². The molecule has 20 heavy (non-hydrogen) atoms. The van der Waals surface area contributed by atoms with Gasteiger partial charge in [0.1, 0.15) is 0 Å². The summed E-state index contributed by atoms with van der Waals surface area (Å²) < 4.78 is 39.1. The summed E-state index contributed by atoms with van der Waals surface area (Å²) in [6, 6.07) is 4.80. The molecule has 1 nitrogen and oxygen atoms in total. The van der Waals surface area contributed by atoms with Crippen LogP contribution in [0.25, 0.3) is 0 Å². The fraction of sp³-hybridized carbons (Fsp3) is 0.600. The highest BCUT2D eigenvalue weighted by atomic mass is 35.5. The smallest absolute Gasteiger partial charge is 0.372 e. The summed E-state index contributed by atoms with van der Waals surface area (Å²) in [5.74, 6) is -0.123. The van der Waals surface area contributed by atoms with E-state index in [0.717, 1.165) is 25.7 Å². The Morgan fingerprint density at radius 3 is 2.40 bits per heavy atom. The Morgan fingerprint density at radius 1 is 1.20 bits per heavy atom. The third-order valence-corrected chi connectivity index (χ3v) is 4.36. The van der Waals surface area contributed by atoms with Gasteiger partial charge in [0, 0.05) is 24.7 Å². The van der Waals surface area contributed by atoms with Crippen LogP contribution in [0, 0.1) is 0 Å². The van der Waals surface area contributed by atoms with Crippen molar-refractivity contribution in [3.8, 4) is 0 Å². The molecule has 1 aromatic rings. The van der Waals surface area contributed by atoms with Crippen molar-refractivity contribution in [2.24, 2.45) is 0 Å². The standard InChI is InChI=1S/C15H19ClF3N/c1-20(12-5-3-2-4-6-12)13-8-7-11(10-16)14(9-13)15(17,18)19/h7-9,12H,2-6,10H2,1H3. The number of hydrogen-bond donors (Lipinski definition) is 0. The van der Waals surface area contributed by atoms with E-state index in [1.54, 1.807) is 6.07 Å². The fourth-order valence-corrected chi connectivity index (χ4v) is 3.08. The zero-order valence-electron chi connectivity index (χ0n) is 11.5. The zero-order chi connectivity index (χ0) is 14.8. The molecular weight excluding hydrogens is 287 g/mol. The monoisotopic (exact) mass is 305 g/mol. The van der Waals surface area contributed by atoms with E-state index in [4.69, 9.17) is 11.6 Å². The quantitative estimate of drug-likeness (QED) is 0.693. The third-order valence-electron chi connectivity index (χ3n) is 4.07. The molecule has 1 aliphatic rings. The molecule has 0 spiro atoms. The van der Waals surface area contributed by atoms with E-state index in [9.17, 15) is 13.2 Å². The van der Waals surface area contributed by atoms with Gasteiger partial charge in [0.05, 0.1) is 5.56 Å². The maximum Gasteiger partial charge on any atom is 0.416 e. The normalized spacial score (nSPS) is 17.2. The first-order chi connectivity index (χ1) is 9.43. The van der Waals surface area contributed by atoms with Crippen LogP contribution in [0.3, 0.4) is 0 Å². The lowest BCUT2D eigenvalue weighted by Crippen LogP contribution is -2.33. The molecule has 5 heteroatoms. The molecule has 2 rings (SSSR count). The Kier molecular flexibility index (Phi) is 4.84. The van der Waals surface area contributed by atoms with Crippen molar-refractivity contribution in [3.63, 3.8) is 0 Å². The van der Waals surface area contributed by atoms with E-state index in [1.807, 2.05) is 11.9 Å². The van der Waals surface area contributed by atoms with Crippen LogP contribution in [0.4, 0.5) is 18.9 Å². The Morgan fingerprint density at radius 2 is 1.85 bits per heavy atom. The van der Waals surface area contributed by atoms with Crippen molar-refractivity contribution < 1.29 is 13.2 Å². The van der Waals surface area contributed by atoms with E-state index < -0.39 is 11.7 Å². The molecule has 0 aromatic heterocycles. The molecule has 112 valence electrons. The lowest BCUT2D eigenvalue weighted by Gasteiger charge is -2.33. The molecular formula is C15H19ClF3N. The van der Waals surface area contributed by atoms with Gasteiger partial charge in [-0.3, -0.25) is 0 Å².